The highest BCUT2D eigenvalue weighted by molar-refractivity contribution is 5.65. The van der Waals surface area contributed by atoms with E-state index in [4.69, 9.17) is 10.4 Å². The molecule has 1 aromatic carbocycles. The van der Waals surface area contributed by atoms with Crippen LogP contribution in [-0.2, 0) is 6.42 Å². The molecule has 6 heteroatoms. The van der Waals surface area contributed by atoms with Crippen LogP contribution in [0.2, 0.25) is 0 Å². The molecule has 116 valence electrons. The number of fused-ring (bicyclic) bond motifs is 1. The Balaban J connectivity index is 1.85. The predicted molar refractivity (Wildman–Crippen MR) is 79.4 cm³/mol. The molecule has 0 bridgehead atoms. The number of carboxylic acid groups (broad SMARTS) is 1. The summed E-state index contributed by atoms with van der Waals surface area (Å²) < 4.78 is 0. The van der Waals surface area contributed by atoms with Gasteiger partial charge in [-0.3, -0.25) is 4.90 Å². The molecule has 1 saturated heterocycles. The lowest BCUT2D eigenvalue weighted by atomic mass is 9.83. The van der Waals surface area contributed by atoms with Crippen molar-refractivity contribution in [3.8, 4) is 6.07 Å². The van der Waals surface area contributed by atoms with Crippen LogP contribution in [0.4, 0.5) is 4.79 Å². The second-order valence-corrected chi connectivity index (χ2v) is 5.88. The Bertz CT molecular complexity index is 618. The fraction of sp³-hybridized carbons (Fsp3) is 0.500. The second kappa shape index (κ2) is 5.95. The molecule has 2 N–H and O–H groups in total. The van der Waals surface area contributed by atoms with Crippen LogP contribution in [0.3, 0.4) is 0 Å². The number of carbonyl (C=O) groups is 1. The first kappa shape index (κ1) is 14.8. The molecule has 2 atom stereocenters. The smallest absolute Gasteiger partial charge is 0.407 e. The van der Waals surface area contributed by atoms with Crippen LogP contribution in [0, 0.1) is 11.3 Å². The lowest BCUT2D eigenvalue weighted by Gasteiger charge is -2.42. The van der Waals surface area contributed by atoms with Gasteiger partial charge >= 0.3 is 6.09 Å². The average Bonchev–Trinajstić information content (AvgIpc) is 2.54. The fourth-order valence-corrected chi connectivity index (χ4v) is 3.47. The van der Waals surface area contributed by atoms with Crippen LogP contribution in [0.25, 0.3) is 0 Å². The number of rotatable bonds is 1. The van der Waals surface area contributed by atoms with Gasteiger partial charge in [0.05, 0.1) is 23.8 Å². The summed E-state index contributed by atoms with van der Waals surface area (Å²) in [5, 5.41) is 28.6. The molecule has 0 aromatic heterocycles. The van der Waals surface area contributed by atoms with E-state index in [0.29, 0.717) is 38.2 Å². The van der Waals surface area contributed by atoms with Crippen LogP contribution in [0.15, 0.2) is 18.2 Å². The van der Waals surface area contributed by atoms with Gasteiger partial charge in [-0.05, 0) is 36.1 Å². The van der Waals surface area contributed by atoms with Crippen molar-refractivity contribution in [3.63, 3.8) is 0 Å². The van der Waals surface area contributed by atoms with Crippen LogP contribution in [0.5, 0.6) is 0 Å². The van der Waals surface area contributed by atoms with E-state index in [-0.39, 0.29) is 6.04 Å². The number of aliphatic hydroxyl groups is 1. The Morgan fingerprint density at radius 1 is 1.27 bits per heavy atom. The van der Waals surface area contributed by atoms with Gasteiger partial charge in [-0.2, -0.15) is 5.26 Å². The van der Waals surface area contributed by atoms with E-state index in [1.54, 1.807) is 0 Å². The lowest BCUT2D eigenvalue weighted by molar-refractivity contribution is 0.0107. The van der Waals surface area contributed by atoms with Crippen LogP contribution in [-0.4, -0.2) is 58.4 Å². The van der Waals surface area contributed by atoms with Crippen molar-refractivity contribution in [1.29, 1.82) is 5.26 Å². The second-order valence-electron chi connectivity index (χ2n) is 5.88. The summed E-state index contributed by atoms with van der Waals surface area (Å²) in [5.74, 6) is 0. The van der Waals surface area contributed by atoms with Crippen LogP contribution < -0.4 is 0 Å². The highest BCUT2D eigenvalue weighted by atomic mass is 16.4. The molecule has 1 amide bonds. The van der Waals surface area contributed by atoms with Crippen molar-refractivity contribution in [2.45, 2.75) is 25.0 Å². The van der Waals surface area contributed by atoms with Gasteiger partial charge in [0.15, 0.2) is 0 Å². The summed E-state index contributed by atoms with van der Waals surface area (Å²) in [4.78, 5) is 14.5. The molecule has 1 aromatic rings. The SMILES string of the molecule is N#Cc1ccc2c(c1)[C@@H](N1CCN(C(=O)O)CC1)[C@H](O)CC2. The Hall–Kier alpha value is -2.10. The minimum Gasteiger partial charge on any atom is -0.465 e. The zero-order valence-corrected chi connectivity index (χ0v) is 12.3. The standard InChI is InChI=1S/C16H19N3O3/c17-10-11-1-2-12-3-4-14(20)15(13(12)9-11)18-5-7-19(8-6-18)16(21)22/h1-2,9,14-15,20H,3-8H2,(H,21,22)/t14-,15-/m1/s1. The van der Waals surface area contributed by atoms with Gasteiger partial charge in [0, 0.05) is 26.2 Å². The molecule has 0 saturated carbocycles. The molecule has 2 aliphatic rings. The quantitative estimate of drug-likeness (QED) is 0.814. The fourth-order valence-electron chi connectivity index (χ4n) is 3.47. The maximum absolute atomic E-state index is 11.0. The number of hydrogen-bond acceptors (Lipinski definition) is 4. The number of benzene rings is 1. The predicted octanol–water partition coefficient (Wildman–Crippen LogP) is 1.20. The van der Waals surface area contributed by atoms with Crippen molar-refractivity contribution >= 4 is 6.09 Å². The average molecular weight is 301 g/mol. The van der Waals surface area contributed by atoms with Crippen LogP contribution >= 0.6 is 0 Å². The number of amides is 1. The maximum Gasteiger partial charge on any atom is 0.407 e. The summed E-state index contributed by atoms with van der Waals surface area (Å²) in [6.45, 7) is 2.10. The molecule has 1 aliphatic heterocycles. The van der Waals surface area contributed by atoms with E-state index in [9.17, 15) is 9.90 Å². The Morgan fingerprint density at radius 2 is 2.00 bits per heavy atom. The molecule has 22 heavy (non-hydrogen) atoms. The lowest BCUT2D eigenvalue weighted by Crippen LogP contribution is -2.52. The number of aryl methyl sites for hydroxylation is 1. The number of nitriles is 1. The highest BCUT2D eigenvalue weighted by Gasteiger charge is 2.35. The normalized spacial score (nSPS) is 25.4. The van der Waals surface area contributed by atoms with Crippen molar-refractivity contribution in [2.75, 3.05) is 26.2 Å². The molecule has 0 unspecified atom stereocenters. The third-order valence-electron chi connectivity index (χ3n) is 4.65. The monoisotopic (exact) mass is 301 g/mol. The summed E-state index contributed by atoms with van der Waals surface area (Å²) in [6.07, 6.45) is 0.144. The zero-order valence-electron chi connectivity index (χ0n) is 12.3. The van der Waals surface area contributed by atoms with E-state index >= 15 is 0 Å². The van der Waals surface area contributed by atoms with E-state index < -0.39 is 12.2 Å². The molecule has 1 aliphatic carbocycles. The first-order valence-corrected chi connectivity index (χ1v) is 7.53. The molecule has 0 spiro atoms. The van der Waals surface area contributed by atoms with Gasteiger partial charge in [0.1, 0.15) is 0 Å². The minimum absolute atomic E-state index is 0.145. The maximum atomic E-state index is 11.0. The molecular formula is C16H19N3O3. The Labute approximate surface area is 129 Å². The van der Waals surface area contributed by atoms with Gasteiger partial charge in [0.25, 0.3) is 0 Å². The summed E-state index contributed by atoms with van der Waals surface area (Å²) in [6, 6.07) is 7.66. The third-order valence-corrected chi connectivity index (χ3v) is 4.65. The van der Waals surface area contributed by atoms with Crippen molar-refractivity contribution in [2.24, 2.45) is 0 Å². The van der Waals surface area contributed by atoms with E-state index in [2.05, 4.69) is 11.0 Å². The van der Waals surface area contributed by atoms with Gasteiger partial charge in [-0.15, -0.1) is 0 Å². The largest absolute Gasteiger partial charge is 0.465 e. The van der Waals surface area contributed by atoms with Gasteiger partial charge < -0.3 is 15.1 Å². The molecule has 0 radical (unpaired) electrons. The van der Waals surface area contributed by atoms with Gasteiger partial charge in [-0.25, -0.2) is 4.79 Å². The number of nitrogens with zero attached hydrogens (tertiary/aromatic N) is 3. The Morgan fingerprint density at radius 3 is 2.64 bits per heavy atom. The zero-order chi connectivity index (χ0) is 15.7. The number of hydrogen-bond donors (Lipinski definition) is 2. The van der Waals surface area contributed by atoms with Crippen LogP contribution in [0.1, 0.15) is 29.2 Å². The molecule has 6 nitrogen and oxygen atoms in total. The van der Waals surface area contributed by atoms with Gasteiger partial charge in [-0.1, -0.05) is 6.07 Å². The summed E-state index contributed by atoms with van der Waals surface area (Å²) in [5.41, 5.74) is 2.79. The number of aliphatic hydroxyl groups excluding tert-OH is 1. The summed E-state index contributed by atoms with van der Waals surface area (Å²) >= 11 is 0. The third kappa shape index (κ3) is 2.65. The molecule has 1 heterocycles. The van der Waals surface area contributed by atoms with E-state index in [1.165, 1.54) is 10.5 Å². The highest BCUT2D eigenvalue weighted by Crippen LogP contribution is 2.35. The first-order valence-electron chi connectivity index (χ1n) is 7.53. The van der Waals surface area contributed by atoms with Gasteiger partial charge in [0.2, 0.25) is 0 Å². The minimum atomic E-state index is -0.893. The van der Waals surface area contributed by atoms with E-state index in [0.717, 1.165) is 12.0 Å². The first-order chi connectivity index (χ1) is 10.6. The summed E-state index contributed by atoms with van der Waals surface area (Å²) in [7, 11) is 0. The van der Waals surface area contributed by atoms with Crippen molar-refractivity contribution < 1.29 is 15.0 Å². The van der Waals surface area contributed by atoms with E-state index in [1.807, 2.05) is 18.2 Å². The van der Waals surface area contributed by atoms with Crippen molar-refractivity contribution in [1.82, 2.24) is 9.80 Å². The number of piperazine rings is 1. The molecule has 1 fully saturated rings. The topological polar surface area (TPSA) is 87.8 Å². The molecular weight excluding hydrogens is 282 g/mol. The van der Waals surface area contributed by atoms with Crippen molar-refractivity contribution in [3.05, 3.63) is 34.9 Å². The molecule has 3 rings (SSSR count). The Kier molecular flexibility index (Phi) is 4.01.